The predicted octanol–water partition coefficient (Wildman–Crippen LogP) is 15.6. The van der Waals surface area contributed by atoms with Gasteiger partial charge in [-0.15, -0.1) is 93.9 Å². The van der Waals surface area contributed by atoms with Gasteiger partial charge < -0.3 is 20.3 Å². The monoisotopic (exact) mass is 904 g/mol. The third kappa shape index (κ3) is 7.69. The van der Waals surface area contributed by atoms with Crippen LogP contribution in [0, 0.1) is 27.7 Å². The SMILES string of the molecule is Cc1cc2c(-c3c4ccccc4cc4ccccc34)cccc2[cH-]1.Cc1cc2c(-c3c4ccccc4cc4ccccc34)cccc2[cH-]1.Cl.Cl.[CH2-]C[CH2-].[Hf+4]. The standard InChI is InChI=1S/2C24H17.C3H6.2ClH.Hf/c2*1-16-13-17-9-6-12-22(23(17)14-16)24-20-10-4-2-7-18(20)15-19-8-3-5-11-21(19)24;1-3-2;;;/h2*2-15H,1H3;1-3H2;2*1H;/q2*-1;-2;;;+4. The fourth-order valence-corrected chi connectivity index (χ4v) is 7.81. The Balaban J connectivity index is 0.000000184. The van der Waals surface area contributed by atoms with E-state index in [0.29, 0.717) is 0 Å². The zero-order chi connectivity index (χ0) is 34.9. The fraction of sp³-hybridized carbons (Fsp3) is 0.0588. The van der Waals surface area contributed by atoms with Gasteiger partial charge in [0.1, 0.15) is 0 Å². The van der Waals surface area contributed by atoms with Gasteiger partial charge in [-0.25, -0.2) is 0 Å². The molecule has 0 saturated carbocycles. The van der Waals surface area contributed by atoms with Crippen molar-refractivity contribution in [3.63, 3.8) is 0 Å². The molecular weight excluding hydrogens is 862 g/mol. The first-order valence-corrected chi connectivity index (χ1v) is 17.8. The van der Waals surface area contributed by atoms with Gasteiger partial charge in [0.2, 0.25) is 0 Å². The van der Waals surface area contributed by atoms with Crippen molar-refractivity contribution in [3.8, 4) is 22.3 Å². The summed E-state index contributed by atoms with van der Waals surface area (Å²) in [5.74, 6) is 0. The Morgan fingerprint density at radius 3 is 1.00 bits per heavy atom. The molecule has 0 fully saturated rings. The first-order valence-electron chi connectivity index (χ1n) is 17.8. The van der Waals surface area contributed by atoms with Crippen LogP contribution in [0.3, 0.4) is 0 Å². The van der Waals surface area contributed by atoms with Crippen molar-refractivity contribution in [1.29, 1.82) is 0 Å². The molecule has 0 spiro atoms. The van der Waals surface area contributed by atoms with Crippen LogP contribution in [0.2, 0.25) is 0 Å². The summed E-state index contributed by atoms with van der Waals surface area (Å²) >= 11 is 0. The minimum absolute atomic E-state index is 0. The van der Waals surface area contributed by atoms with Crippen LogP contribution in [-0.4, -0.2) is 0 Å². The molecule has 0 amide bonds. The summed E-state index contributed by atoms with van der Waals surface area (Å²) in [6.07, 6.45) is 0.750. The van der Waals surface area contributed by atoms with Crippen LogP contribution in [0.1, 0.15) is 17.5 Å². The van der Waals surface area contributed by atoms with E-state index in [4.69, 9.17) is 0 Å². The maximum atomic E-state index is 3.38. The summed E-state index contributed by atoms with van der Waals surface area (Å²) in [4.78, 5) is 0. The molecule has 0 aliphatic carbocycles. The second kappa shape index (κ2) is 17.7. The number of hydrogen-bond acceptors (Lipinski definition) is 0. The van der Waals surface area contributed by atoms with Crippen LogP contribution in [0.4, 0.5) is 0 Å². The third-order valence-corrected chi connectivity index (χ3v) is 9.87. The first-order chi connectivity index (χ1) is 25.0. The molecule has 0 aromatic heterocycles. The van der Waals surface area contributed by atoms with Crippen molar-refractivity contribution in [2.75, 3.05) is 0 Å². The van der Waals surface area contributed by atoms with Gasteiger partial charge in [0.05, 0.1) is 0 Å². The number of hydrogen-bond donors (Lipinski definition) is 0. The Hall–Kier alpha value is -4.53. The van der Waals surface area contributed by atoms with Crippen molar-refractivity contribution >= 4 is 89.4 Å². The predicted molar refractivity (Wildman–Crippen MR) is 239 cm³/mol. The summed E-state index contributed by atoms with van der Waals surface area (Å²) < 4.78 is 0. The summed E-state index contributed by atoms with van der Waals surface area (Å²) in [6.45, 7) is 11.1. The number of benzene rings is 8. The van der Waals surface area contributed by atoms with Gasteiger partial charge in [-0.1, -0.05) is 134 Å². The van der Waals surface area contributed by atoms with Gasteiger partial charge in [-0.3, -0.25) is 0 Å². The van der Waals surface area contributed by atoms with E-state index in [9.17, 15) is 0 Å². The van der Waals surface area contributed by atoms with Crippen molar-refractivity contribution in [2.24, 2.45) is 0 Å². The van der Waals surface area contributed by atoms with Crippen LogP contribution >= 0.6 is 24.8 Å². The van der Waals surface area contributed by atoms with E-state index in [2.05, 4.69) is 198 Å². The zero-order valence-electron chi connectivity index (χ0n) is 30.6. The molecule has 0 aliphatic rings. The molecule has 54 heavy (non-hydrogen) atoms. The molecule has 10 aromatic rings. The molecule has 0 nitrogen and oxygen atoms in total. The van der Waals surface area contributed by atoms with Crippen molar-refractivity contribution < 1.29 is 25.8 Å². The van der Waals surface area contributed by atoms with Crippen molar-refractivity contribution in [3.05, 3.63) is 195 Å². The van der Waals surface area contributed by atoms with E-state index in [1.807, 2.05) is 0 Å². The van der Waals surface area contributed by atoms with E-state index < -0.39 is 0 Å². The molecular formula is C51H42Cl2Hf. The van der Waals surface area contributed by atoms with Crippen molar-refractivity contribution in [2.45, 2.75) is 20.3 Å². The van der Waals surface area contributed by atoms with E-state index >= 15 is 0 Å². The molecule has 0 saturated heterocycles. The molecule has 10 aromatic carbocycles. The molecule has 0 heterocycles. The van der Waals surface area contributed by atoms with E-state index in [1.54, 1.807) is 0 Å². The summed E-state index contributed by atoms with van der Waals surface area (Å²) in [7, 11) is 0. The van der Waals surface area contributed by atoms with Crippen LogP contribution < -0.4 is 0 Å². The minimum atomic E-state index is 0. The molecule has 0 bridgehead atoms. The van der Waals surface area contributed by atoms with Gasteiger partial charge in [0.25, 0.3) is 0 Å². The van der Waals surface area contributed by atoms with Crippen LogP contribution in [0.15, 0.2) is 170 Å². The third-order valence-electron chi connectivity index (χ3n) is 9.87. The van der Waals surface area contributed by atoms with Crippen LogP contribution in [0.5, 0.6) is 0 Å². The van der Waals surface area contributed by atoms with E-state index in [0.717, 1.165) is 6.42 Å². The summed E-state index contributed by atoms with van der Waals surface area (Å²) in [6, 6.07) is 61.9. The molecule has 3 heteroatoms. The molecule has 10 rings (SSSR count). The average molecular weight is 904 g/mol. The number of fused-ring (bicyclic) bond motifs is 6. The number of halogens is 2. The van der Waals surface area contributed by atoms with Gasteiger partial charge in [-0.05, 0) is 66.3 Å². The maximum Gasteiger partial charge on any atom is 4.00 e. The van der Waals surface area contributed by atoms with E-state index in [1.165, 1.54) is 98.0 Å². The molecule has 0 N–H and O–H groups in total. The molecule has 0 unspecified atom stereocenters. The van der Waals surface area contributed by atoms with Gasteiger partial charge in [-0.2, -0.15) is 12.1 Å². The maximum absolute atomic E-state index is 3.38. The quantitative estimate of drug-likeness (QED) is 0.0921. The molecule has 0 atom stereocenters. The number of rotatable bonds is 2. The largest absolute Gasteiger partial charge is 4.00 e. The minimum Gasteiger partial charge on any atom is -0.372 e. The van der Waals surface area contributed by atoms with E-state index in [-0.39, 0.29) is 50.7 Å². The van der Waals surface area contributed by atoms with Gasteiger partial charge >= 0.3 is 25.8 Å². The zero-order valence-corrected chi connectivity index (χ0v) is 35.8. The first kappa shape index (κ1) is 40.7. The molecule has 0 radical (unpaired) electrons. The summed E-state index contributed by atoms with van der Waals surface area (Å²) in [5, 5.41) is 15.8. The Morgan fingerprint density at radius 2 is 0.685 bits per heavy atom. The van der Waals surface area contributed by atoms with Gasteiger partial charge in [0.15, 0.2) is 0 Å². The normalized spacial score (nSPS) is 10.6. The van der Waals surface area contributed by atoms with Crippen LogP contribution in [0.25, 0.3) is 86.9 Å². The Labute approximate surface area is 350 Å². The molecule has 0 aliphatic heterocycles. The Bertz CT molecular complexity index is 2530. The smallest absolute Gasteiger partial charge is 0.372 e. The Morgan fingerprint density at radius 1 is 0.389 bits per heavy atom. The Kier molecular flexibility index (Phi) is 13.4. The average Bonchev–Trinajstić information content (AvgIpc) is 3.74. The van der Waals surface area contributed by atoms with Gasteiger partial charge in [0, 0.05) is 0 Å². The van der Waals surface area contributed by atoms with Crippen molar-refractivity contribution in [1.82, 2.24) is 0 Å². The number of aryl methyl sites for hydroxylation is 2. The summed E-state index contributed by atoms with van der Waals surface area (Å²) in [5.41, 5.74) is 7.99. The van der Waals surface area contributed by atoms with Crippen LogP contribution in [-0.2, 0) is 25.8 Å². The molecule has 264 valence electrons. The second-order valence-corrected chi connectivity index (χ2v) is 13.4. The second-order valence-electron chi connectivity index (χ2n) is 13.4. The topological polar surface area (TPSA) is 0 Å². The fourth-order valence-electron chi connectivity index (χ4n) is 7.81.